The fraction of sp³-hybridized carbons (Fsp3) is 0.250. The van der Waals surface area contributed by atoms with Crippen LogP contribution in [0, 0.1) is 0 Å². The Morgan fingerprint density at radius 3 is 2.12 bits per heavy atom. The fourth-order valence-electron chi connectivity index (χ4n) is 2.41. The number of Topliss-reactive ketones (excluding diaryl/α,β-unsaturated/α-hetero) is 1. The molecule has 0 aliphatic rings. The molecule has 25 heavy (non-hydrogen) atoms. The highest BCUT2D eigenvalue weighted by molar-refractivity contribution is 5.96. The number of carboxylic acids is 1. The number of nitrogens with one attached hydrogen (secondary N) is 1. The second-order valence-electron chi connectivity index (χ2n) is 5.82. The van der Waals surface area contributed by atoms with Crippen molar-refractivity contribution in [2.75, 3.05) is 0 Å². The molecule has 0 aliphatic carbocycles. The molecule has 0 heterocycles. The largest absolute Gasteiger partial charge is 0.480 e. The van der Waals surface area contributed by atoms with E-state index >= 15 is 0 Å². The van der Waals surface area contributed by atoms with Gasteiger partial charge in [0.05, 0.1) is 0 Å². The maximum Gasteiger partial charge on any atom is 0.326 e. The molecule has 5 nitrogen and oxygen atoms in total. The third kappa shape index (κ3) is 5.57. The molecule has 0 unspecified atom stereocenters. The molecule has 1 amide bonds. The van der Waals surface area contributed by atoms with Crippen LogP contribution in [0.3, 0.4) is 0 Å². The van der Waals surface area contributed by atoms with Gasteiger partial charge in [0.15, 0.2) is 0 Å². The Balaban J connectivity index is 2.02. The highest BCUT2D eigenvalue weighted by Gasteiger charge is 2.21. The minimum atomic E-state index is -1.09. The van der Waals surface area contributed by atoms with Gasteiger partial charge in [-0.05, 0) is 23.3 Å². The van der Waals surface area contributed by atoms with Gasteiger partial charge in [-0.15, -0.1) is 0 Å². The molecule has 0 aromatic heterocycles. The monoisotopic (exact) mass is 339 g/mol. The maximum atomic E-state index is 12.1. The quantitative estimate of drug-likeness (QED) is 0.774. The standard InChI is InChI=1S/C20H21NO4/c1-2-17(22)12-14-8-10-15(11-9-14)13-18(20(24)25)21-19(23)16-6-4-3-5-7-16/h3-11,18H,2,12-13H2,1H3,(H,21,23)(H,24,25)/t18-/m0/s1. The van der Waals surface area contributed by atoms with E-state index in [-0.39, 0.29) is 12.2 Å². The molecule has 0 aliphatic heterocycles. The maximum absolute atomic E-state index is 12.1. The minimum Gasteiger partial charge on any atom is -0.480 e. The van der Waals surface area contributed by atoms with E-state index in [0.717, 1.165) is 11.1 Å². The van der Waals surface area contributed by atoms with Crippen molar-refractivity contribution in [1.82, 2.24) is 5.32 Å². The number of aliphatic carboxylic acids is 1. The first-order valence-electron chi connectivity index (χ1n) is 8.17. The van der Waals surface area contributed by atoms with E-state index in [9.17, 15) is 19.5 Å². The Morgan fingerprint density at radius 1 is 0.960 bits per heavy atom. The number of amides is 1. The lowest BCUT2D eigenvalue weighted by Gasteiger charge is -2.15. The SMILES string of the molecule is CCC(=O)Cc1ccc(C[C@H](NC(=O)c2ccccc2)C(=O)O)cc1. The van der Waals surface area contributed by atoms with Gasteiger partial charge in [0.2, 0.25) is 0 Å². The molecular weight excluding hydrogens is 318 g/mol. The van der Waals surface area contributed by atoms with Crippen LogP contribution in [0.2, 0.25) is 0 Å². The topological polar surface area (TPSA) is 83.5 Å². The molecule has 1 atom stereocenters. The van der Waals surface area contributed by atoms with Crippen LogP contribution in [-0.2, 0) is 22.4 Å². The average Bonchev–Trinajstić information content (AvgIpc) is 2.63. The number of hydrogen-bond donors (Lipinski definition) is 2. The van der Waals surface area contributed by atoms with Gasteiger partial charge >= 0.3 is 5.97 Å². The molecule has 0 saturated carbocycles. The van der Waals surface area contributed by atoms with Crippen LogP contribution in [0.5, 0.6) is 0 Å². The van der Waals surface area contributed by atoms with Crippen LogP contribution in [-0.4, -0.2) is 28.8 Å². The zero-order chi connectivity index (χ0) is 18.2. The number of ketones is 1. The summed E-state index contributed by atoms with van der Waals surface area (Å²) in [4.78, 5) is 35.1. The molecule has 0 saturated heterocycles. The van der Waals surface area contributed by atoms with Gasteiger partial charge in [-0.2, -0.15) is 0 Å². The average molecular weight is 339 g/mol. The van der Waals surface area contributed by atoms with Gasteiger partial charge in [-0.3, -0.25) is 9.59 Å². The number of carbonyl (C=O) groups excluding carboxylic acids is 2. The van der Waals surface area contributed by atoms with Crippen molar-refractivity contribution in [2.45, 2.75) is 32.2 Å². The summed E-state index contributed by atoms with van der Waals surface area (Å²) in [6, 6.07) is 14.7. The molecule has 5 heteroatoms. The third-order valence-corrected chi connectivity index (χ3v) is 3.90. The zero-order valence-corrected chi connectivity index (χ0v) is 14.1. The lowest BCUT2D eigenvalue weighted by atomic mass is 10.0. The summed E-state index contributed by atoms with van der Waals surface area (Å²) < 4.78 is 0. The van der Waals surface area contributed by atoms with Gasteiger partial charge in [0.1, 0.15) is 11.8 Å². The van der Waals surface area contributed by atoms with Crippen LogP contribution in [0.4, 0.5) is 0 Å². The van der Waals surface area contributed by atoms with E-state index in [1.807, 2.05) is 19.1 Å². The van der Waals surface area contributed by atoms with E-state index < -0.39 is 17.9 Å². The van der Waals surface area contributed by atoms with Gasteiger partial charge in [-0.1, -0.05) is 49.4 Å². The van der Waals surface area contributed by atoms with Gasteiger partial charge < -0.3 is 10.4 Å². The molecule has 2 aromatic carbocycles. The number of carbonyl (C=O) groups is 3. The summed E-state index contributed by atoms with van der Waals surface area (Å²) >= 11 is 0. The first-order chi connectivity index (χ1) is 12.0. The Bertz CT molecular complexity index is 738. The summed E-state index contributed by atoms with van der Waals surface area (Å²) in [6.07, 6.45) is 1.05. The van der Waals surface area contributed by atoms with Gasteiger partial charge in [0.25, 0.3) is 5.91 Å². The van der Waals surface area contributed by atoms with Crippen LogP contribution in [0.1, 0.15) is 34.8 Å². The Hall–Kier alpha value is -2.95. The van der Waals surface area contributed by atoms with Gasteiger partial charge in [0, 0.05) is 24.8 Å². The first kappa shape index (κ1) is 18.4. The molecule has 2 N–H and O–H groups in total. The van der Waals surface area contributed by atoms with Crippen LogP contribution in [0.15, 0.2) is 54.6 Å². The fourth-order valence-corrected chi connectivity index (χ4v) is 2.41. The Morgan fingerprint density at radius 2 is 1.56 bits per heavy atom. The molecule has 0 fully saturated rings. The van der Waals surface area contributed by atoms with E-state index in [4.69, 9.17) is 0 Å². The van der Waals surface area contributed by atoms with E-state index in [1.54, 1.807) is 42.5 Å². The highest BCUT2D eigenvalue weighted by atomic mass is 16.4. The summed E-state index contributed by atoms with van der Waals surface area (Å²) in [5, 5.41) is 11.9. The second kappa shape index (κ2) is 8.78. The summed E-state index contributed by atoms with van der Waals surface area (Å²) in [5.41, 5.74) is 2.10. The number of rotatable bonds is 8. The van der Waals surface area contributed by atoms with Crippen molar-refractivity contribution in [1.29, 1.82) is 0 Å². The van der Waals surface area contributed by atoms with Crippen molar-refractivity contribution in [2.24, 2.45) is 0 Å². The van der Waals surface area contributed by atoms with Crippen LogP contribution >= 0.6 is 0 Å². The van der Waals surface area contributed by atoms with Crippen molar-refractivity contribution in [3.8, 4) is 0 Å². The summed E-state index contributed by atoms with van der Waals surface area (Å²) in [6.45, 7) is 1.82. The lowest BCUT2D eigenvalue weighted by molar-refractivity contribution is -0.139. The number of carboxylic acid groups (broad SMARTS) is 1. The molecule has 0 radical (unpaired) electrons. The minimum absolute atomic E-state index is 0.159. The first-order valence-corrected chi connectivity index (χ1v) is 8.17. The van der Waals surface area contributed by atoms with Crippen molar-refractivity contribution < 1.29 is 19.5 Å². The number of benzene rings is 2. The smallest absolute Gasteiger partial charge is 0.326 e. The lowest BCUT2D eigenvalue weighted by Crippen LogP contribution is -2.42. The second-order valence-corrected chi connectivity index (χ2v) is 5.82. The molecular formula is C20H21NO4. The molecule has 2 rings (SSSR count). The Labute approximate surface area is 146 Å². The molecule has 0 spiro atoms. The number of hydrogen-bond acceptors (Lipinski definition) is 3. The van der Waals surface area contributed by atoms with Crippen molar-refractivity contribution in [3.63, 3.8) is 0 Å². The summed E-state index contributed by atoms with van der Waals surface area (Å²) in [7, 11) is 0. The zero-order valence-electron chi connectivity index (χ0n) is 14.1. The highest BCUT2D eigenvalue weighted by Crippen LogP contribution is 2.10. The van der Waals surface area contributed by atoms with Crippen molar-refractivity contribution in [3.05, 3.63) is 71.3 Å². The molecule has 0 bridgehead atoms. The normalized spacial score (nSPS) is 11.6. The van der Waals surface area contributed by atoms with Crippen LogP contribution in [0.25, 0.3) is 0 Å². The van der Waals surface area contributed by atoms with Crippen molar-refractivity contribution >= 4 is 17.7 Å². The van der Waals surface area contributed by atoms with Crippen LogP contribution < -0.4 is 5.32 Å². The predicted octanol–water partition coefficient (Wildman–Crippen LogP) is 2.63. The Kier molecular flexibility index (Phi) is 6.46. The molecule has 130 valence electrons. The van der Waals surface area contributed by atoms with E-state index in [0.29, 0.717) is 18.4 Å². The van der Waals surface area contributed by atoms with E-state index in [2.05, 4.69) is 5.32 Å². The summed E-state index contributed by atoms with van der Waals surface area (Å²) in [5.74, 6) is -1.35. The molecule has 2 aromatic rings. The predicted molar refractivity (Wildman–Crippen MR) is 94.5 cm³/mol. The van der Waals surface area contributed by atoms with E-state index in [1.165, 1.54) is 0 Å². The third-order valence-electron chi connectivity index (χ3n) is 3.90. The van der Waals surface area contributed by atoms with Gasteiger partial charge in [-0.25, -0.2) is 4.79 Å².